The molecule has 94 valence electrons. The van der Waals surface area contributed by atoms with E-state index in [4.69, 9.17) is 10.5 Å². The summed E-state index contributed by atoms with van der Waals surface area (Å²) in [6.45, 7) is 8.21. The van der Waals surface area contributed by atoms with Crippen molar-refractivity contribution in [2.24, 2.45) is 0 Å². The predicted octanol–water partition coefficient (Wildman–Crippen LogP) is 1.92. The van der Waals surface area contributed by atoms with Crippen molar-refractivity contribution in [1.29, 1.82) is 0 Å². The molecule has 1 fully saturated rings. The predicted molar refractivity (Wildman–Crippen MR) is 71.0 cm³/mol. The Morgan fingerprint density at radius 2 is 2.12 bits per heavy atom. The summed E-state index contributed by atoms with van der Waals surface area (Å²) in [6, 6.07) is 8.12. The Kier molecular flexibility index (Phi) is 3.69. The Morgan fingerprint density at radius 1 is 1.35 bits per heavy atom. The van der Waals surface area contributed by atoms with Crippen LogP contribution in [0.1, 0.15) is 19.4 Å². The second kappa shape index (κ2) is 5.07. The van der Waals surface area contributed by atoms with Gasteiger partial charge in [-0.3, -0.25) is 4.90 Å². The third-order valence-electron chi connectivity index (χ3n) is 3.26. The molecule has 2 rings (SSSR count). The molecule has 0 radical (unpaired) electrons. The molecule has 1 aromatic rings. The van der Waals surface area contributed by atoms with E-state index in [0.717, 1.165) is 38.3 Å². The van der Waals surface area contributed by atoms with Crippen molar-refractivity contribution in [3.63, 3.8) is 0 Å². The Bertz CT molecular complexity index is 376. The van der Waals surface area contributed by atoms with E-state index in [1.165, 1.54) is 5.56 Å². The van der Waals surface area contributed by atoms with E-state index in [0.29, 0.717) is 0 Å². The quantitative estimate of drug-likeness (QED) is 0.812. The molecule has 0 atom stereocenters. The minimum absolute atomic E-state index is 0.0134. The molecule has 0 bridgehead atoms. The topological polar surface area (TPSA) is 38.5 Å². The number of hydrogen-bond acceptors (Lipinski definition) is 3. The van der Waals surface area contributed by atoms with Crippen LogP contribution in [0.2, 0.25) is 0 Å². The fraction of sp³-hybridized carbons (Fsp3) is 0.571. The van der Waals surface area contributed by atoms with Crippen LogP contribution in [-0.4, -0.2) is 36.7 Å². The first-order valence-electron chi connectivity index (χ1n) is 6.26. The van der Waals surface area contributed by atoms with Gasteiger partial charge in [-0.2, -0.15) is 0 Å². The van der Waals surface area contributed by atoms with Crippen molar-refractivity contribution >= 4 is 5.69 Å². The number of nitrogen functional groups attached to an aromatic ring is 1. The van der Waals surface area contributed by atoms with Crippen molar-refractivity contribution in [1.82, 2.24) is 4.90 Å². The fourth-order valence-electron chi connectivity index (χ4n) is 2.35. The zero-order chi connectivity index (χ0) is 12.3. The number of morpholine rings is 1. The Balaban J connectivity index is 1.88. The van der Waals surface area contributed by atoms with Crippen LogP contribution >= 0.6 is 0 Å². The van der Waals surface area contributed by atoms with Gasteiger partial charge in [0.25, 0.3) is 0 Å². The molecule has 0 spiro atoms. The lowest BCUT2D eigenvalue weighted by atomic mass is 10.1. The molecule has 1 aliphatic rings. The summed E-state index contributed by atoms with van der Waals surface area (Å²) in [4.78, 5) is 2.45. The highest BCUT2D eigenvalue weighted by atomic mass is 16.5. The molecule has 0 aromatic heterocycles. The summed E-state index contributed by atoms with van der Waals surface area (Å²) in [5, 5.41) is 0. The SMILES string of the molecule is CC1(C)CN(CCc2ccccc2N)CCO1. The van der Waals surface area contributed by atoms with Crippen molar-refractivity contribution in [3.8, 4) is 0 Å². The summed E-state index contributed by atoms with van der Waals surface area (Å²) in [6.07, 6.45) is 1.02. The molecule has 1 saturated heterocycles. The molecule has 3 heteroatoms. The number of para-hydroxylation sites is 1. The van der Waals surface area contributed by atoms with E-state index in [9.17, 15) is 0 Å². The Labute approximate surface area is 104 Å². The number of benzene rings is 1. The molecule has 0 aliphatic carbocycles. The number of nitrogens with zero attached hydrogens (tertiary/aromatic N) is 1. The molecule has 1 aliphatic heterocycles. The Morgan fingerprint density at radius 3 is 2.82 bits per heavy atom. The largest absolute Gasteiger partial charge is 0.399 e. The van der Waals surface area contributed by atoms with Gasteiger partial charge in [0.15, 0.2) is 0 Å². The molecule has 17 heavy (non-hydrogen) atoms. The average molecular weight is 234 g/mol. The third-order valence-corrected chi connectivity index (χ3v) is 3.26. The molecule has 0 saturated carbocycles. The number of ether oxygens (including phenoxy) is 1. The summed E-state index contributed by atoms with van der Waals surface area (Å²) >= 11 is 0. The van der Waals surface area contributed by atoms with Crippen LogP contribution in [0.5, 0.6) is 0 Å². The van der Waals surface area contributed by atoms with E-state index in [1.54, 1.807) is 0 Å². The van der Waals surface area contributed by atoms with E-state index in [-0.39, 0.29) is 5.60 Å². The molecular weight excluding hydrogens is 212 g/mol. The molecule has 0 unspecified atom stereocenters. The minimum atomic E-state index is -0.0134. The van der Waals surface area contributed by atoms with Gasteiger partial charge in [0, 0.05) is 25.3 Å². The molecule has 1 aromatic carbocycles. The number of rotatable bonds is 3. The molecule has 0 amide bonds. The van der Waals surface area contributed by atoms with Crippen LogP contribution in [-0.2, 0) is 11.2 Å². The highest BCUT2D eigenvalue weighted by Gasteiger charge is 2.26. The zero-order valence-electron chi connectivity index (χ0n) is 10.8. The first-order chi connectivity index (χ1) is 8.07. The summed E-state index contributed by atoms with van der Waals surface area (Å²) in [5.41, 5.74) is 8.08. The standard InChI is InChI=1S/C14H22N2O/c1-14(2)11-16(9-10-17-14)8-7-12-5-3-4-6-13(12)15/h3-6H,7-11,15H2,1-2H3. The summed E-state index contributed by atoms with van der Waals surface area (Å²) < 4.78 is 5.70. The van der Waals surface area contributed by atoms with Crippen molar-refractivity contribution in [2.75, 3.05) is 32.0 Å². The zero-order valence-corrected chi connectivity index (χ0v) is 10.8. The minimum Gasteiger partial charge on any atom is -0.399 e. The van der Waals surface area contributed by atoms with Crippen LogP contribution in [0.25, 0.3) is 0 Å². The lowest BCUT2D eigenvalue weighted by Gasteiger charge is -2.38. The van der Waals surface area contributed by atoms with E-state index in [1.807, 2.05) is 12.1 Å². The van der Waals surface area contributed by atoms with Crippen LogP contribution in [0.3, 0.4) is 0 Å². The summed E-state index contributed by atoms with van der Waals surface area (Å²) in [7, 11) is 0. The van der Waals surface area contributed by atoms with Gasteiger partial charge in [0.1, 0.15) is 0 Å². The monoisotopic (exact) mass is 234 g/mol. The maximum absolute atomic E-state index is 5.95. The van der Waals surface area contributed by atoms with Crippen LogP contribution in [0.15, 0.2) is 24.3 Å². The molecule has 3 nitrogen and oxygen atoms in total. The highest BCUT2D eigenvalue weighted by molar-refractivity contribution is 5.46. The first kappa shape index (κ1) is 12.4. The van der Waals surface area contributed by atoms with Gasteiger partial charge in [-0.15, -0.1) is 0 Å². The number of anilines is 1. The second-order valence-electron chi connectivity index (χ2n) is 5.33. The van der Waals surface area contributed by atoms with E-state index < -0.39 is 0 Å². The van der Waals surface area contributed by atoms with Gasteiger partial charge < -0.3 is 10.5 Å². The van der Waals surface area contributed by atoms with Crippen LogP contribution in [0.4, 0.5) is 5.69 Å². The number of nitrogens with two attached hydrogens (primary N) is 1. The second-order valence-corrected chi connectivity index (χ2v) is 5.33. The smallest absolute Gasteiger partial charge is 0.0753 e. The maximum atomic E-state index is 5.95. The van der Waals surface area contributed by atoms with Gasteiger partial charge >= 0.3 is 0 Å². The third kappa shape index (κ3) is 3.45. The van der Waals surface area contributed by atoms with Gasteiger partial charge in [-0.05, 0) is 31.9 Å². The molecule has 2 N–H and O–H groups in total. The van der Waals surface area contributed by atoms with Crippen molar-refractivity contribution in [3.05, 3.63) is 29.8 Å². The number of hydrogen-bond donors (Lipinski definition) is 1. The average Bonchev–Trinajstić information content (AvgIpc) is 2.27. The van der Waals surface area contributed by atoms with Crippen LogP contribution < -0.4 is 5.73 Å². The van der Waals surface area contributed by atoms with Gasteiger partial charge in [-0.25, -0.2) is 0 Å². The Hall–Kier alpha value is -1.06. The highest BCUT2D eigenvalue weighted by Crippen LogP contribution is 2.17. The van der Waals surface area contributed by atoms with E-state index in [2.05, 4.69) is 30.9 Å². The fourth-order valence-corrected chi connectivity index (χ4v) is 2.35. The van der Waals surface area contributed by atoms with Gasteiger partial charge in [0.05, 0.1) is 12.2 Å². The van der Waals surface area contributed by atoms with Crippen molar-refractivity contribution in [2.45, 2.75) is 25.9 Å². The van der Waals surface area contributed by atoms with Gasteiger partial charge in [0.2, 0.25) is 0 Å². The summed E-state index contributed by atoms with van der Waals surface area (Å²) in [5.74, 6) is 0. The van der Waals surface area contributed by atoms with Gasteiger partial charge in [-0.1, -0.05) is 18.2 Å². The molecule has 1 heterocycles. The van der Waals surface area contributed by atoms with E-state index >= 15 is 0 Å². The van der Waals surface area contributed by atoms with Crippen LogP contribution in [0, 0.1) is 0 Å². The maximum Gasteiger partial charge on any atom is 0.0753 e. The lowest BCUT2D eigenvalue weighted by molar-refractivity contribution is -0.0855. The first-order valence-corrected chi connectivity index (χ1v) is 6.26. The van der Waals surface area contributed by atoms with Crippen molar-refractivity contribution < 1.29 is 4.74 Å². The normalized spacial score (nSPS) is 20.4. The lowest BCUT2D eigenvalue weighted by Crippen LogP contribution is -2.48. The molecular formula is C14H22N2O.